The first-order valence-electron chi connectivity index (χ1n) is 9.11. The van der Waals surface area contributed by atoms with Crippen molar-refractivity contribution >= 4 is 57.3 Å². The quantitative estimate of drug-likeness (QED) is 0.272. The Labute approximate surface area is 186 Å². The number of nitrogens with zero attached hydrogens (tertiary/aromatic N) is 3. The summed E-state index contributed by atoms with van der Waals surface area (Å²) in [4.78, 5) is 29.9. The molecule has 0 unspecified atom stereocenters. The van der Waals surface area contributed by atoms with Crippen LogP contribution in [-0.4, -0.2) is 25.8 Å². The third-order valence-electron chi connectivity index (χ3n) is 4.46. The number of nitrogens with one attached hydrogen (secondary N) is 1. The molecule has 2 aromatic carbocycles. The zero-order valence-electron chi connectivity index (χ0n) is 16.3. The SMILES string of the molecule is Cc1ccc(-n2c(=S)sc3c(=O)n(C)c(SCC(=O)Nc4ccccc4)nc32)cc1. The molecule has 152 valence electrons. The maximum absolute atomic E-state index is 12.9. The van der Waals surface area contributed by atoms with Gasteiger partial charge in [0, 0.05) is 18.4 Å². The molecule has 0 fully saturated rings. The highest BCUT2D eigenvalue weighted by molar-refractivity contribution is 7.99. The molecule has 0 atom stereocenters. The number of para-hydroxylation sites is 1. The van der Waals surface area contributed by atoms with Gasteiger partial charge in [-0.25, -0.2) is 4.98 Å². The van der Waals surface area contributed by atoms with Gasteiger partial charge in [-0.15, -0.1) is 0 Å². The molecule has 0 spiro atoms. The molecule has 6 nitrogen and oxygen atoms in total. The van der Waals surface area contributed by atoms with Crippen LogP contribution in [0.3, 0.4) is 0 Å². The topological polar surface area (TPSA) is 68.9 Å². The van der Waals surface area contributed by atoms with Gasteiger partial charge in [-0.05, 0) is 43.4 Å². The molecular weight excluding hydrogens is 436 g/mol. The number of carbonyl (C=O) groups excluding carboxylic acids is 1. The van der Waals surface area contributed by atoms with E-state index in [2.05, 4.69) is 10.3 Å². The fraction of sp³-hybridized carbons (Fsp3) is 0.143. The molecule has 2 heterocycles. The molecule has 2 aromatic heterocycles. The summed E-state index contributed by atoms with van der Waals surface area (Å²) in [5.74, 6) is -0.0305. The Bertz CT molecular complexity index is 1340. The number of thioether (sulfide) groups is 1. The maximum atomic E-state index is 12.9. The van der Waals surface area contributed by atoms with Crippen LogP contribution in [0.5, 0.6) is 0 Å². The summed E-state index contributed by atoms with van der Waals surface area (Å²) < 4.78 is 4.33. The van der Waals surface area contributed by atoms with Crippen LogP contribution in [0.1, 0.15) is 5.56 Å². The lowest BCUT2D eigenvalue weighted by Crippen LogP contribution is -2.21. The second-order valence-electron chi connectivity index (χ2n) is 6.65. The number of hydrogen-bond donors (Lipinski definition) is 1. The van der Waals surface area contributed by atoms with E-state index in [9.17, 15) is 9.59 Å². The Kier molecular flexibility index (Phi) is 5.85. The van der Waals surface area contributed by atoms with E-state index in [1.54, 1.807) is 7.05 Å². The van der Waals surface area contributed by atoms with E-state index in [0.717, 1.165) is 16.9 Å². The van der Waals surface area contributed by atoms with Crippen molar-refractivity contribution in [2.24, 2.45) is 7.05 Å². The minimum Gasteiger partial charge on any atom is -0.325 e. The van der Waals surface area contributed by atoms with Crippen LogP contribution in [-0.2, 0) is 11.8 Å². The van der Waals surface area contributed by atoms with Crippen molar-refractivity contribution in [3.8, 4) is 5.69 Å². The van der Waals surface area contributed by atoms with Crippen molar-refractivity contribution in [3.05, 3.63) is 74.5 Å². The van der Waals surface area contributed by atoms with E-state index in [0.29, 0.717) is 19.5 Å². The first-order chi connectivity index (χ1) is 14.4. The summed E-state index contributed by atoms with van der Waals surface area (Å²) in [6, 6.07) is 17.1. The zero-order chi connectivity index (χ0) is 21.3. The second kappa shape index (κ2) is 8.55. The van der Waals surface area contributed by atoms with Gasteiger partial charge in [-0.3, -0.25) is 18.7 Å². The molecule has 4 rings (SSSR count). The molecule has 1 amide bonds. The minimum atomic E-state index is -0.173. The smallest absolute Gasteiger partial charge is 0.273 e. The molecular formula is C21H18N4O2S3. The number of aryl methyl sites for hydroxylation is 1. The summed E-state index contributed by atoms with van der Waals surface area (Å²) in [5.41, 5.74) is 3.06. The second-order valence-corrected chi connectivity index (χ2v) is 9.24. The number of aromatic nitrogens is 3. The number of amides is 1. The van der Waals surface area contributed by atoms with E-state index >= 15 is 0 Å². The van der Waals surface area contributed by atoms with Crippen LogP contribution in [0.4, 0.5) is 5.69 Å². The summed E-state index contributed by atoms with van der Waals surface area (Å²) >= 11 is 7.98. The lowest BCUT2D eigenvalue weighted by molar-refractivity contribution is -0.113. The van der Waals surface area contributed by atoms with Gasteiger partial charge < -0.3 is 5.32 Å². The number of thiazole rings is 1. The van der Waals surface area contributed by atoms with Crippen LogP contribution in [0.15, 0.2) is 64.5 Å². The standard InChI is InChI=1S/C21H18N4O2S3/c1-13-8-10-15(11-9-13)25-18-17(30-21(25)28)19(27)24(2)20(23-18)29-12-16(26)22-14-6-4-3-5-7-14/h3-11H,12H2,1-2H3,(H,22,26). The van der Waals surface area contributed by atoms with E-state index in [-0.39, 0.29) is 17.2 Å². The van der Waals surface area contributed by atoms with Crippen LogP contribution >= 0.6 is 35.3 Å². The van der Waals surface area contributed by atoms with Gasteiger partial charge in [0.2, 0.25) is 5.91 Å². The number of carbonyl (C=O) groups is 1. The van der Waals surface area contributed by atoms with Gasteiger partial charge in [0.1, 0.15) is 4.70 Å². The molecule has 0 saturated heterocycles. The molecule has 0 aliphatic heterocycles. The van der Waals surface area contributed by atoms with Crippen LogP contribution in [0.25, 0.3) is 16.0 Å². The first-order valence-corrected chi connectivity index (χ1v) is 11.3. The van der Waals surface area contributed by atoms with Crippen molar-refractivity contribution in [2.45, 2.75) is 12.1 Å². The van der Waals surface area contributed by atoms with Crippen LogP contribution in [0.2, 0.25) is 0 Å². The van der Waals surface area contributed by atoms with Crippen molar-refractivity contribution in [3.63, 3.8) is 0 Å². The summed E-state index contributed by atoms with van der Waals surface area (Å²) in [7, 11) is 1.66. The van der Waals surface area contributed by atoms with Crippen molar-refractivity contribution in [1.82, 2.24) is 14.1 Å². The van der Waals surface area contributed by atoms with E-state index in [1.165, 1.54) is 27.7 Å². The predicted octanol–water partition coefficient (Wildman–Crippen LogP) is 4.55. The largest absolute Gasteiger partial charge is 0.325 e. The van der Waals surface area contributed by atoms with Crippen molar-refractivity contribution in [1.29, 1.82) is 0 Å². The van der Waals surface area contributed by atoms with Crippen molar-refractivity contribution < 1.29 is 4.79 Å². The monoisotopic (exact) mass is 454 g/mol. The van der Waals surface area contributed by atoms with Gasteiger partial charge >= 0.3 is 0 Å². The van der Waals surface area contributed by atoms with Gasteiger partial charge in [-0.2, -0.15) is 0 Å². The Morgan fingerprint density at radius 2 is 1.87 bits per heavy atom. The van der Waals surface area contributed by atoms with Gasteiger partial charge in [-0.1, -0.05) is 59.0 Å². The lowest BCUT2D eigenvalue weighted by Gasteiger charge is -2.09. The first kappa shape index (κ1) is 20.5. The normalized spacial score (nSPS) is 11.0. The third-order valence-corrected chi connectivity index (χ3v) is 6.84. The highest BCUT2D eigenvalue weighted by Crippen LogP contribution is 2.25. The Morgan fingerprint density at radius 1 is 1.17 bits per heavy atom. The molecule has 4 aromatic rings. The predicted molar refractivity (Wildman–Crippen MR) is 126 cm³/mol. The third kappa shape index (κ3) is 4.09. The number of hydrogen-bond acceptors (Lipinski definition) is 6. The summed E-state index contributed by atoms with van der Waals surface area (Å²) in [6.45, 7) is 2.01. The fourth-order valence-corrected chi connectivity index (χ4v) is 5.02. The highest BCUT2D eigenvalue weighted by Gasteiger charge is 2.17. The molecule has 9 heteroatoms. The number of rotatable bonds is 5. The van der Waals surface area contributed by atoms with Crippen molar-refractivity contribution in [2.75, 3.05) is 11.1 Å². The van der Waals surface area contributed by atoms with Crippen LogP contribution < -0.4 is 10.9 Å². The Hall–Kier alpha value is -2.75. The Balaban J connectivity index is 1.67. The average molecular weight is 455 g/mol. The number of fused-ring (bicyclic) bond motifs is 1. The number of anilines is 1. The van der Waals surface area contributed by atoms with Gasteiger partial charge in [0.15, 0.2) is 14.8 Å². The molecule has 0 aliphatic rings. The Morgan fingerprint density at radius 3 is 2.57 bits per heavy atom. The highest BCUT2D eigenvalue weighted by atomic mass is 32.2. The lowest BCUT2D eigenvalue weighted by atomic mass is 10.2. The molecule has 30 heavy (non-hydrogen) atoms. The zero-order valence-corrected chi connectivity index (χ0v) is 18.7. The number of benzene rings is 2. The van der Waals surface area contributed by atoms with E-state index in [4.69, 9.17) is 12.2 Å². The van der Waals surface area contributed by atoms with E-state index < -0.39 is 0 Å². The molecule has 0 aliphatic carbocycles. The fourth-order valence-electron chi connectivity index (χ4n) is 2.91. The van der Waals surface area contributed by atoms with E-state index in [1.807, 2.05) is 66.1 Å². The van der Waals surface area contributed by atoms with Gasteiger partial charge in [0.25, 0.3) is 5.56 Å². The maximum Gasteiger partial charge on any atom is 0.273 e. The summed E-state index contributed by atoms with van der Waals surface area (Å²) in [6.07, 6.45) is 0. The molecule has 0 saturated carbocycles. The minimum absolute atomic E-state index is 0.135. The molecule has 0 radical (unpaired) electrons. The van der Waals surface area contributed by atoms with Crippen LogP contribution in [0, 0.1) is 10.9 Å². The molecule has 0 bridgehead atoms. The average Bonchev–Trinajstić information content (AvgIpc) is 3.07. The van der Waals surface area contributed by atoms with Gasteiger partial charge in [0.05, 0.1) is 5.75 Å². The summed E-state index contributed by atoms with van der Waals surface area (Å²) in [5, 5.41) is 3.30. The molecule has 1 N–H and O–H groups in total.